The molecule has 0 radical (unpaired) electrons. The van der Waals surface area contributed by atoms with Crippen molar-refractivity contribution in [1.29, 1.82) is 0 Å². The van der Waals surface area contributed by atoms with Crippen molar-refractivity contribution in [3.8, 4) is 0 Å². The zero-order chi connectivity index (χ0) is 19.9. The first-order chi connectivity index (χ1) is 13.4. The molecular formula is C22H24N2O3S. The van der Waals surface area contributed by atoms with E-state index in [1.807, 2.05) is 6.92 Å². The Hall–Kier alpha value is -2.60. The topological polar surface area (TPSA) is 57.7 Å². The van der Waals surface area contributed by atoms with Gasteiger partial charge in [0.15, 0.2) is 0 Å². The van der Waals surface area contributed by atoms with Crippen LogP contribution in [0.2, 0.25) is 0 Å². The van der Waals surface area contributed by atoms with Crippen LogP contribution in [0.5, 0.6) is 0 Å². The molecule has 0 saturated heterocycles. The number of rotatable bonds is 4. The third kappa shape index (κ3) is 2.92. The van der Waals surface area contributed by atoms with Crippen molar-refractivity contribution in [3.63, 3.8) is 0 Å². The third-order valence-electron chi connectivity index (χ3n) is 5.64. The number of anilines is 1. The van der Waals surface area contributed by atoms with Crippen molar-refractivity contribution < 1.29 is 13.2 Å². The van der Waals surface area contributed by atoms with Gasteiger partial charge in [0.2, 0.25) is 0 Å². The number of hydrogen-bond donors (Lipinski definition) is 0. The Balaban J connectivity index is 1.90. The van der Waals surface area contributed by atoms with E-state index in [1.165, 1.54) is 4.31 Å². The number of carbonyl (C=O) groups is 1. The first-order valence-electron chi connectivity index (χ1n) is 9.60. The molecule has 2 aromatic carbocycles. The van der Waals surface area contributed by atoms with Crippen molar-refractivity contribution in [1.82, 2.24) is 4.90 Å². The molecule has 5 nitrogen and oxygen atoms in total. The largest absolute Gasteiger partial charge is 0.311 e. The zero-order valence-corrected chi connectivity index (χ0v) is 16.7. The van der Waals surface area contributed by atoms with E-state index in [2.05, 4.69) is 6.58 Å². The van der Waals surface area contributed by atoms with Crippen LogP contribution in [0.1, 0.15) is 41.6 Å². The SMILES string of the molecule is C=CC1N(C2CCCC2)C(=O)c2ccccc2N1S(=O)(=O)c1ccc(C)cc1. The van der Waals surface area contributed by atoms with Gasteiger partial charge >= 0.3 is 0 Å². The molecule has 0 bridgehead atoms. The Morgan fingerprint density at radius 3 is 2.32 bits per heavy atom. The number of aryl methyl sites for hydroxylation is 1. The maximum absolute atomic E-state index is 13.6. The summed E-state index contributed by atoms with van der Waals surface area (Å²) in [6, 6.07) is 13.8. The van der Waals surface area contributed by atoms with Gasteiger partial charge in [-0.1, -0.05) is 49.2 Å². The molecule has 1 unspecified atom stereocenters. The molecule has 4 rings (SSSR count). The minimum absolute atomic E-state index is 0.0274. The molecule has 2 aromatic rings. The van der Waals surface area contributed by atoms with Crippen LogP contribution in [0.3, 0.4) is 0 Å². The lowest BCUT2D eigenvalue weighted by Gasteiger charge is -2.45. The fourth-order valence-corrected chi connectivity index (χ4v) is 5.83. The van der Waals surface area contributed by atoms with Gasteiger partial charge in [-0.3, -0.25) is 4.79 Å². The van der Waals surface area contributed by atoms with Crippen LogP contribution in [-0.4, -0.2) is 31.4 Å². The van der Waals surface area contributed by atoms with Crippen molar-refractivity contribution in [2.45, 2.75) is 49.7 Å². The fraction of sp³-hybridized carbons (Fsp3) is 0.318. The summed E-state index contributed by atoms with van der Waals surface area (Å²) in [6.45, 7) is 5.80. The van der Waals surface area contributed by atoms with E-state index < -0.39 is 16.2 Å². The van der Waals surface area contributed by atoms with Gasteiger partial charge in [-0.15, -0.1) is 0 Å². The van der Waals surface area contributed by atoms with Gasteiger partial charge in [0, 0.05) is 6.04 Å². The number of carbonyl (C=O) groups excluding carboxylic acids is 1. The Labute approximate surface area is 166 Å². The first kappa shape index (κ1) is 18.7. The molecule has 146 valence electrons. The average Bonchev–Trinajstić information content (AvgIpc) is 3.22. The monoisotopic (exact) mass is 396 g/mol. The van der Waals surface area contributed by atoms with E-state index in [0.29, 0.717) is 11.3 Å². The summed E-state index contributed by atoms with van der Waals surface area (Å²) in [4.78, 5) is 15.2. The van der Waals surface area contributed by atoms with Crippen LogP contribution in [-0.2, 0) is 10.0 Å². The summed E-state index contributed by atoms with van der Waals surface area (Å²) in [6.07, 6.45) is 4.69. The van der Waals surface area contributed by atoms with E-state index in [1.54, 1.807) is 59.5 Å². The van der Waals surface area contributed by atoms with E-state index in [9.17, 15) is 13.2 Å². The molecule has 0 N–H and O–H groups in total. The van der Waals surface area contributed by atoms with E-state index >= 15 is 0 Å². The molecule has 2 aliphatic rings. The molecule has 1 amide bonds. The lowest BCUT2D eigenvalue weighted by atomic mass is 10.0. The Morgan fingerprint density at radius 2 is 1.68 bits per heavy atom. The highest BCUT2D eigenvalue weighted by Gasteiger charge is 2.45. The zero-order valence-electron chi connectivity index (χ0n) is 15.9. The van der Waals surface area contributed by atoms with Crippen molar-refractivity contribution >= 4 is 21.6 Å². The maximum Gasteiger partial charge on any atom is 0.266 e. The third-order valence-corrected chi connectivity index (χ3v) is 7.44. The van der Waals surface area contributed by atoms with Crippen LogP contribution < -0.4 is 4.31 Å². The summed E-state index contributed by atoms with van der Waals surface area (Å²) in [5.41, 5.74) is 1.82. The van der Waals surface area contributed by atoms with Gasteiger partial charge in [-0.05, 0) is 50.1 Å². The summed E-state index contributed by atoms with van der Waals surface area (Å²) in [5.74, 6) is -0.122. The van der Waals surface area contributed by atoms with Crippen LogP contribution in [0.15, 0.2) is 66.1 Å². The van der Waals surface area contributed by atoms with Gasteiger partial charge in [0.1, 0.15) is 6.17 Å². The van der Waals surface area contributed by atoms with E-state index in [0.717, 1.165) is 31.2 Å². The summed E-state index contributed by atoms with van der Waals surface area (Å²) < 4.78 is 28.6. The number of hydrogen-bond acceptors (Lipinski definition) is 3. The minimum Gasteiger partial charge on any atom is -0.311 e. The van der Waals surface area contributed by atoms with Crippen LogP contribution in [0.4, 0.5) is 5.69 Å². The molecular weight excluding hydrogens is 372 g/mol. The van der Waals surface area contributed by atoms with Crippen molar-refractivity contribution in [2.75, 3.05) is 4.31 Å². The normalized spacial score (nSPS) is 20.3. The first-order valence-corrected chi connectivity index (χ1v) is 11.0. The standard InChI is InChI=1S/C22H24N2O3S/c1-3-21-23(17-8-4-5-9-17)22(25)19-10-6-7-11-20(19)24(21)28(26,27)18-14-12-16(2)13-15-18/h3,6-7,10-15,17,21H,1,4-5,8-9H2,2H3. The quantitative estimate of drug-likeness (QED) is 0.731. The molecule has 1 saturated carbocycles. The molecule has 0 spiro atoms. The number of nitrogens with zero attached hydrogens (tertiary/aromatic N) is 2. The summed E-state index contributed by atoms with van der Waals surface area (Å²) >= 11 is 0. The van der Waals surface area contributed by atoms with Crippen LogP contribution in [0, 0.1) is 6.92 Å². The number of fused-ring (bicyclic) bond motifs is 1. The number of benzene rings is 2. The lowest BCUT2D eigenvalue weighted by molar-refractivity contribution is 0.0615. The average molecular weight is 397 g/mol. The molecule has 1 heterocycles. The minimum atomic E-state index is -3.87. The molecule has 1 fully saturated rings. The number of sulfonamides is 1. The molecule has 1 aliphatic carbocycles. The molecule has 6 heteroatoms. The highest BCUT2D eigenvalue weighted by molar-refractivity contribution is 7.92. The number of amides is 1. The fourth-order valence-electron chi connectivity index (χ4n) is 4.23. The molecule has 1 atom stereocenters. The predicted molar refractivity (Wildman–Crippen MR) is 110 cm³/mol. The Bertz CT molecular complexity index is 1010. The summed E-state index contributed by atoms with van der Waals surface area (Å²) in [7, 11) is -3.87. The molecule has 28 heavy (non-hydrogen) atoms. The molecule has 0 aromatic heterocycles. The maximum atomic E-state index is 13.6. The van der Waals surface area contributed by atoms with E-state index in [-0.39, 0.29) is 16.8 Å². The smallest absolute Gasteiger partial charge is 0.266 e. The Kier molecular flexibility index (Phi) is 4.75. The van der Waals surface area contributed by atoms with Crippen molar-refractivity contribution in [2.24, 2.45) is 0 Å². The second-order valence-electron chi connectivity index (χ2n) is 7.43. The van der Waals surface area contributed by atoms with Gasteiger partial charge < -0.3 is 4.90 Å². The van der Waals surface area contributed by atoms with Gasteiger partial charge in [0.25, 0.3) is 15.9 Å². The Morgan fingerprint density at radius 1 is 1.04 bits per heavy atom. The second-order valence-corrected chi connectivity index (χ2v) is 9.25. The second kappa shape index (κ2) is 7.09. The highest BCUT2D eigenvalue weighted by atomic mass is 32.2. The summed E-state index contributed by atoms with van der Waals surface area (Å²) in [5, 5.41) is 0. The highest BCUT2D eigenvalue weighted by Crippen LogP contribution is 2.39. The predicted octanol–water partition coefficient (Wildman–Crippen LogP) is 4.10. The van der Waals surface area contributed by atoms with E-state index in [4.69, 9.17) is 0 Å². The van der Waals surface area contributed by atoms with Gasteiger partial charge in [0.05, 0.1) is 16.1 Å². The van der Waals surface area contributed by atoms with Gasteiger partial charge in [-0.25, -0.2) is 12.7 Å². The van der Waals surface area contributed by atoms with Crippen molar-refractivity contribution in [3.05, 3.63) is 72.3 Å². The lowest BCUT2D eigenvalue weighted by Crippen LogP contribution is -2.59. The van der Waals surface area contributed by atoms with Crippen LogP contribution >= 0.6 is 0 Å². The van der Waals surface area contributed by atoms with Gasteiger partial charge in [-0.2, -0.15) is 0 Å². The molecule has 1 aliphatic heterocycles. The number of para-hydroxylation sites is 1. The van der Waals surface area contributed by atoms with Crippen LogP contribution in [0.25, 0.3) is 0 Å².